The topological polar surface area (TPSA) is 101 Å². The lowest BCUT2D eigenvalue weighted by Crippen LogP contribution is -2.25. The second kappa shape index (κ2) is 15.7. The Kier molecular flexibility index (Phi) is 10.2. The maximum Gasteiger partial charge on any atom is 0.197 e. The molecule has 2 heterocycles. The summed E-state index contributed by atoms with van der Waals surface area (Å²) in [5.74, 6) is 1.72. The molecule has 0 saturated carbocycles. The number of hydrogen-bond acceptors (Lipinski definition) is 6. The van der Waals surface area contributed by atoms with Gasteiger partial charge in [0.05, 0.1) is 16.9 Å². The number of ketones is 3. The fourth-order valence-corrected chi connectivity index (χ4v) is 9.47. The van der Waals surface area contributed by atoms with Gasteiger partial charge in [0.1, 0.15) is 23.0 Å². The minimum Gasteiger partial charge on any atom is -0.457 e. The molecule has 6 aromatic rings. The van der Waals surface area contributed by atoms with Crippen molar-refractivity contribution in [3.8, 4) is 33.8 Å². The number of Topliss-reactive ketones (excluding diaryl/α,β-unsaturated/α-hetero) is 3. The van der Waals surface area contributed by atoms with Gasteiger partial charge in [-0.2, -0.15) is 0 Å². The molecule has 1 N–H and O–H groups in total. The van der Waals surface area contributed by atoms with Gasteiger partial charge in [0.2, 0.25) is 0 Å². The molecule has 2 aromatic heterocycles. The predicted octanol–water partition coefficient (Wildman–Crippen LogP) is 13.5. The first-order valence-corrected chi connectivity index (χ1v) is 21.2. The number of rotatable bonds is 14. The predicted molar refractivity (Wildman–Crippen MR) is 234 cm³/mol. The van der Waals surface area contributed by atoms with E-state index in [0.29, 0.717) is 45.1 Å². The van der Waals surface area contributed by atoms with Crippen molar-refractivity contribution >= 4 is 35.2 Å². The maximum atomic E-state index is 13.2. The molecule has 0 atom stereocenters. The molecule has 6 nitrogen and oxygen atoms in total. The monoisotopic (exact) mass is 777 g/mol. The molecule has 4 aromatic carbocycles. The maximum absolute atomic E-state index is 13.2. The number of carbonyl (C=O) groups is 3. The average Bonchev–Trinajstić information content (AvgIpc) is 4.08. The van der Waals surface area contributed by atoms with Gasteiger partial charge in [-0.1, -0.05) is 138 Å². The first-order valence-electron chi connectivity index (χ1n) is 21.2. The second-order valence-corrected chi connectivity index (χ2v) is 16.2. The highest BCUT2D eigenvalue weighted by molar-refractivity contribution is 6.42. The van der Waals surface area contributed by atoms with Gasteiger partial charge < -0.3 is 8.83 Å². The second-order valence-electron chi connectivity index (χ2n) is 16.2. The van der Waals surface area contributed by atoms with Crippen LogP contribution in [0.5, 0.6) is 0 Å². The number of carbonyl (C=O) groups excluding carboxylic acids is 3. The molecule has 3 aliphatic rings. The standard InChI is InChI=1S/C53H47NO5/c1-3-5-7-13-27-53(28-14-8-6-4-2)45-29-33(47-25-21-35(58-47)31-43-49(54)39-15-9-10-16-40(39)50(43)55)19-23-37(45)38-24-20-34(30-46(38)53)48-26-22-36(59-48)32-44-51(56)41-17-11-12-18-42(41)52(44)57/h9-12,15-26,29-32,54H,3-8,13-14,27-28H2,1-2H3. The Bertz CT molecular complexity index is 2470. The van der Waals surface area contributed by atoms with E-state index >= 15 is 0 Å². The summed E-state index contributed by atoms with van der Waals surface area (Å²) < 4.78 is 12.8. The van der Waals surface area contributed by atoms with Crippen molar-refractivity contribution in [3.63, 3.8) is 0 Å². The van der Waals surface area contributed by atoms with E-state index in [2.05, 4.69) is 50.2 Å². The van der Waals surface area contributed by atoms with Crippen molar-refractivity contribution in [1.29, 1.82) is 5.41 Å². The van der Waals surface area contributed by atoms with Gasteiger partial charge in [0.15, 0.2) is 17.3 Å². The lowest BCUT2D eigenvalue weighted by Gasteiger charge is -2.33. The largest absolute Gasteiger partial charge is 0.457 e. The smallest absolute Gasteiger partial charge is 0.197 e. The van der Waals surface area contributed by atoms with E-state index in [1.54, 1.807) is 42.5 Å². The highest BCUT2D eigenvalue weighted by Gasteiger charge is 2.43. The van der Waals surface area contributed by atoms with Crippen LogP contribution < -0.4 is 0 Å². The molecule has 0 unspecified atom stereocenters. The molecule has 59 heavy (non-hydrogen) atoms. The van der Waals surface area contributed by atoms with Crippen molar-refractivity contribution in [2.75, 3.05) is 0 Å². The molecule has 9 rings (SSSR count). The number of allylic oxidation sites excluding steroid dienone is 2. The molecule has 0 bridgehead atoms. The van der Waals surface area contributed by atoms with Crippen LogP contribution >= 0.6 is 0 Å². The molecule has 0 saturated heterocycles. The van der Waals surface area contributed by atoms with Gasteiger partial charge in [0.25, 0.3) is 0 Å². The van der Waals surface area contributed by atoms with Crippen molar-refractivity contribution in [1.82, 2.24) is 0 Å². The summed E-state index contributed by atoms with van der Waals surface area (Å²) in [4.78, 5) is 39.5. The third kappa shape index (κ3) is 6.70. The van der Waals surface area contributed by atoms with E-state index in [1.807, 2.05) is 42.5 Å². The van der Waals surface area contributed by atoms with Crippen molar-refractivity contribution in [2.45, 2.75) is 83.5 Å². The summed E-state index contributed by atoms with van der Waals surface area (Å²) in [7, 11) is 0. The van der Waals surface area contributed by atoms with Crippen LogP contribution in [0, 0.1) is 5.41 Å². The average molecular weight is 778 g/mol. The lowest BCUT2D eigenvalue weighted by molar-refractivity contribution is 0.0988. The normalized spacial score (nSPS) is 15.6. The number of hydrogen-bond donors (Lipinski definition) is 1. The van der Waals surface area contributed by atoms with E-state index in [4.69, 9.17) is 14.2 Å². The SMILES string of the molecule is CCCCCCC1(CCCCCC)c2cc(-c3ccc(C=C4C(=N)c5ccccc5C4=O)o3)ccc2-c2ccc(-c3ccc(C=C4C(=O)c5ccccc5C4=O)o3)cc21. The van der Waals surface area contributed by atoms with Crippen LogP contribution in [-0.2, 0) is 5.41 Å². The van der Waals surface area contributed by atoms with Crippen LogP contribution in [0.1, 0.15) is 137 Å². The molecular weight excluding hydrogens is 731 g/mol. The summed E-state index contributed by atoms with van der Waals surface area (Å²) in [6.07, 6.45) is 14.6. The third-order valence-electron chi connectivity index (χ3n) is 12.5. The van der Waals surface area contributed by atoms with E-state index in [9.17, 15) is 14.4 Å². The Hall–Kier alpha value is -6.40. The highest BCUT2D eigenvalue weighted by atomic mass is 16.3. The van der Waals surface area contributed by atoms with Gasteiger partial charge in [-0.15, -0.1) is 0 Å². The number of benzene rings is 4. The Morgan fingerprint density at radius 2 is 0.932 bits per heavy atom. The van der Waals surface area contributed by atoms with Crippen LogP contribution in [0.2, 0.25) is 0 Å². The molecule has 3 aliphatic carbocycles. The molecule has 0 amide bonds. The van der Waals surface area contributed by atoms with E-state index in [1.165, 1.54) is 60.8 Å². The molecule has 0 aliphatic heterocycles. The van der Waals surface area contributed by atoms with Crippen LogP contribution in [0.4, 0.5) is 0 Å². The van der Waals surface area contributed by atoms with Gasteiger partial charge in [-0.25, -0.2) is 0 Å². The molecule has 6 heteroatoms. The summed E-state index contributed by atoms with van der Waals surface area (Å²) in [6.45, 7) is 4.50. The number of furan rings is 2. The zero-order valence-corrected chi connectivity index (χ0v) is 33.7. The fourth-order valence-electron chi connectivity index (χ4n) is 9.47. The van der Waals surface area contributed by atoms with E-state index in [-0.39, 0.29) is 34.0 Å². The molecular formula is C53H47NO5. The summed E-state index contributed by atoms with van der Waals surface area (Å²) >= 11 is 0. The zero-order valence-electron chi connectivity index (χ0n) is 33.7. The van der Waals surface area contributed by atoms with Crippen LogP contribution in [-0.4, -0.2) is 23.1 Å². The summed E-state index contributed by atoms with van der Waals surface area (Å²) in [5, 5.41) is 8.68. The summed E-state index contributed by atoms with van der Waals surface area (Å²) in [6, 6.07) is 35.2. The quantitative estimate of drug-likeness (QED) is 0.0674. The van der Waals surface area contributed by atoms with E-state index < -0.39 is 0 Å². The van der Waals surface area contributed by atoms with Crippen LogP contribution in [0.15, 0.2) is 129 Å². The van der Waals surface area contributed by atoms with E-state index in [0.717, 1.165) is 42.6 Å². The molecule has 0 fully saturated rings. The Labute approximate surface area is 345 Å². The fraction of sp³-hybridized carbons (Fsp3) is 0.245. The highest BCUT2D eigenvalue weighted by Crippen LogP contribution is 2.56. The molecule has 294 valence electrons. The van der Waals surface area contributed by atoms with Gasteiger partial charge in [-0.3, -0.25) is 19.8 Å². The zero-order chi connectivity index (χ0) is 40.7. The molecule has 0 radical (unpaired) electrons. The number of nitrogens with one attached hydrogen (secondary N) is 1. The third-order valence-corrected chi connectivity index (χ3v) is 12.5. The van der Waals surface area contributed by atoms with Gasteiger partial charge >= 0.3 is 0 Å². The van der Waals surface area contributed by atoms with Crippen LogP contribution in [0.3, 0.4) is 0 Å². The van der Waals surface area contributed by atoms with Gasteiger partial charge in [-0.05, 0) is 83.6 Å². The number of unbranched alkanes of at least 4 members (excludes halogenated alkanes) is 6. The van der Waals surface area contributed by atoms with Crippen molar-refractivity contribution in [2.24, 2.45) is 0 Å². The van der Waals surface area contributed by atoms with Crippen molar-refractivity contribution in [3.05, 3.63) is 165 Å². The number of fused-ring (bicyclic) bond motifs is 5. The first-order chi connectivity index (χ1) is 28.8. The summed E-state index contributed by atoms with van der Waals surface area (Å²) in [5.41, 5.74) is 9.58. The Morgan fingerprint density at radius 3 is 1.41 bits per heavy atom. The first kappa shape index (κ1) is 38.1. The minimum absolute atomic E-state index is 0.128. The Morgan fingerprint density at radius 1 is 0.492 bits per heavy atom. The molecule has 0 spiro atoms. The van der Waals surface area contributed by atoms with Crippen molar-refractivity contribution < 1.29 is 23.2 Å². The van der Waals surface area contributed by atoms with Crippen LogP contribution in [0.25, 0.3) is 45.9 Å². The Balaban J connectivity index is 1.08. The minimum atomic E-state index is -0.271. The lowest BCUT2D eigenvalue weighted by atomic mass is 9.70. The van der Waals surface area contributed by atoms with Gasteiger partial charge in [0, 0.05) is 38.8 Å².